The summed E-state index contributed by atoms with van der Waals surface area (Å²) in [5.74, 6) is -0.737. The molecule has 0 spiro atoms. The number of rotatable bonds is 8. The van der Waals surface area contributed by atoms with Gasteiger partial charge >= 0.3 is 5.97 Å². The van der Waals surface area contributed by atoms with Crippen LogP contribution in [-0.4, -0.2) is 25.8 Å². The molecule has 0 aliphatic rings. The molecule has 0 aromatic heterocycles. The Labute approximate surface area is 189 Å². The first-order valence-electron chi connectivity index (χ1n) is 7.93. The van der Waals surface area contributed by atoms with Crippen LogP contribution in [0.5, 0.6) is 0 Å². The molecule has 2 N–H and O–H groups in total. The number of carbonyl (C=O) groups excluding carboxylic acids is 1. The highest BCUT2D eigenvalue weighted by Gasteiger charge is 2.36. The van der Waals surface area contributed by atoms with Crippen LogP contribution < -0.4 is 10.8 Å². The molecule has 0 amide bonds. The maximum absolute atomic E-state index is 12.0. The number of nitrogens with zero attached hydrogens (tertiary/aromatic N) is 2. The zero-order valence-electron chi connectivity index (χ0n) is 14.7. The minimum atomic E-state index is -2.19. The van der Waals surface area contributed by atoms with Gasteiger partial charge in [-0.3, -0.25) is 25.0 Å². The monoisotopic (exact) mass is 496 g/mol. The summed E-state index contributed by atoms with van der Waals surface area (Å²) in [5.41, 5.74) is 1.21. The lowest BCUT2D eigenvalue weighted by atomic mass is 10.2. The van der Waals surface area contributed by atoms with E-state index in [0.29, 0.717) is 5.56 Å². The van der Waals surface area contributed by atoms with E-state index in [9.17, 15) is 25.0 Å². The molecule has 10 nitrogen and oxygen atoms in total. The highest BCUT2D eigenvalue weighted by molar-refractivity contribution is 6.68. The number of anilines is 1. The summed E-state index contributed by atoms with van der Waals surface area (Å²) in [4.78, 5) is 37.6. The van der Waals surface area contributed by atoms with Crippen LogP contribution >= 0.6 is 46.4 Å². The molecule has 14 heteroatoms. The number of nitro groups is 2. The number of hydrogen-bond donors (Lipinski definition) is 2. The molecular weight excluding hydrogens is 486 g/mol. The highest BCUT2D eigenvalue weighted by atomic mass is 35.6. The van der Waals surface area contributed by atoms with Crippen molar-refractivity contribution in [3.8, 4) is 0 Å². The number of halogens is 4. The summed E-state index contributed by atoms with van der Waals surface area (Å²) in [6.45, 7) is 0. The fraction of sp³-hybridized carbons (Fsp3) is 0.188. The van der Waals surface area contributed by atoms with Gasteiger partial charge in [0.15, 0.2) is 6.17 Å². The van der Waals surface area contributed by atoms with Crippen LogP contribution in [0.4, 0.5) is 17.1 Å². The summed E-state index contributed by atoms with van der Waals surface area (Å²) in [7, 11) is 0. The quantitative estimate of drug-likeness (QED) is 0.234. The highest BCUT2D eigenvalue weighted by Crippen LogP contribution is 2.38. The third kappa shape index (κ3) is 6.57. The Morgan fingerprint density at radius 3 is 2.20 bits per heavy atom. The zero-order chi connectivity index (χ0) is 22.5. The largest absolute Gasteiger partial charge is 0.368 e. The Balaban J connectivity index is 2.22. The van der Waals surface area contributed by atoms with Gasteiger partial charge in [0.2, 0.25) is 3.79 Å². The van der Waals surface area contributed by atoms with Crippen molar-refractivity contribution in [3.05, 3.63) is 73.3 Å². The molecule has 2 aromatic rings. The number of hydroxylamine groups is 1. The summed E-state index contributed by atoms with van der Waals surface area (Å²) in [5, 5.41) is 24.3. The second-order valence-electron chi connectivity index (χ2n) is 5.71. The molecular formula is C16H12Cl4N4O6. The van der Waals surface area contributed by atoms with Gasteiger partial charge < -0.3 is 10.2 Å². The molecule has 0 fully saturated rings. The van der Waals surface area contributed by atoms with Gasteiger partial charge in [0.25, 0.3) is 11.4 Å². The van der Waals surface area contributed by atoms with E-state index in [0.717, 1.165) is 12.1 Å². The van der Waals surface area contributed by atoms with E-state index in [1.165, 1.54) is 0 Å². The first kappa shape index (κ1) is 23.9. The van der Waals surface area contributed by atoms with Crippen molar-refractivity contribution in [2.75, 3.05) is 5.32 Å². The molecule has 160 valence electrons. The van der Waals surface area contributed by atoms with E-state index in [-0.39, 0.29) is 12.1 Å². The first-order chi connectivity index (χ1) is 14.0. The fourth-order valence-electron chi connectivity index (χ4n) is 2.21. The molecule has 30 heavy (non-hydrogen) atoms. The predicted octanol–water partition coefficient (Wildman–Crippen LogP) is 4.56. The first-order valence-corrected chi connectivity index (χ1v) is 9.45. The van der Waals surface area contributed by atoms with Crippen molar-refractivity contribution in [1.82, 2.24) is 5.48 Å². The van der Waals surface area contributed by atoms with Crippen LogP contribution in [0.15, 0.2) is 42.5 Å². The third-order valence-electron chi connectivity index (χ3n) is 3.57. The van der Waals surface area contributed by atoms with Gasteiger partial charge in [-0.05, 0) is 5.56 Å². The van der Waals surface area contributed by atoms with Crippen molar-refractivity contribution >= 4 is 69.4 Å². The van der Waals surface area contributed by atoms with Gasteiger partial charge in [0.05, 0.1) is 16.3 Å². The summed E-state index contributed by atoms with van der Waals surface area (Å²) < 4.78 is -2.19. The number of nitrogens with one attached hydrogen (secondary N) is 2. The molecule has 1 unspecified atom stereocenters. The van der Waals surface area contributed by atoms with Crippen LogP contribution in [0.2, 0.25) is 5.02 Å². The standard InChI is InChI=1S/C16H12Cl4N4O6/c17-10-7-13(24(28)29)11(8-12(10)23(26)27)21-15(16(18,19)20)22-30-14(25)6-9-4-2-1-3-5-9/h1-5,7-8,15,21-22H,6H2. The maximum Gasteiger partial charge on any atom is 0.329 e. The van der Waals surface area contributed by atoms with Crippen molar-refractivity contribution in [1.29, 1.82) is 0 Å². The SMILES string of the molecule is O=C(Cc1ccccc1)ONC(Nc1cc([N+](=O)[O-])c(Cl)cc1[N+](=O)[O-])C(Cl)(Cl)Cl. The average Bonchev–Trinajstić information content (AvgIpc) is 2.65. The van der Waals surface area contributed by atoms with Crippen molar-refractivity contribution < 1.29 is 19.5 Å². The molecule has 0 aliphatic heterocycles. The van der Waals surface area contributed by atoms with Gasteiger partial charge in [0, 0.05) is 12.1 Å². The molecule has 1 atom stereocenters. The Hall–Kier alpha value is -2.37. The molecule has 0 heterocycles. The van der Waals surface area contributed by atoms with Crippen LogP contribution in [0.25, 0.3) is 0 Å². The van der Waals surface area contributed by atoms with Gasteiger partial charge in [-0.15, -0.1) is 5.48 Å². The molecule has 0 bridgehead atoms. The van der Waals surface area contributed by atoms with E-state index >= 15 is 0 Å². The Kier molecular flexibility index (Phi) is 8.04. The molecule has 0 saturated carbocycles. The van der Waals surface area contributed by atoms with E-state index in [4.69, 9.17) is 51.2 Å². The molecule has 2 aromatic carbocycles. The number of alkyl halides is 3. The zero-order valence-corrected chi connectivity index (χ0v) is 17.7. The van der Waals surface area contributed by atoms with E-state index < -0.39 is 42.2 Å². The minimum absolute atomic E-state index is 0.104. The van der Waals surface area contributed by atoms with Crippen molar-refractivity contribution in [2.24, 2.45) is 0 Å². The number of carbonyl (C=O) groups is 1. The predicted molar refractivity (Wildman–Crippen MR) is 112 cm³/mol. The number of nitro benzene ring substituents is 2. The fourth-order valence-corrected chi connectivity index (χ4v) is 2.74. The average molecular weight is 498 g/mol. The van der Waals surface area contributed by atoms with Gasteiger partial charge in [-0.1, -0.05) is 76.7 Å². The van der Waals surface area contributed by atoms with Gasteiger partial charge in [-0.2, -0.15) is 0 Å². The van der Waals surface area contributed by atoms with Crippen molar-refractivity contribution in [2.45, 2.75) is 16.4 Å². The second kappa shape index (κ2) is 10.1. The molecule has 0 aliphatic carbocycles. The molecule has 2 rings (SSSR count). The second-order valence-corrected chi connectivity index (χ2v) is 8.48. The smallest absolute Gasteiger partial charge is 0.329 e. The lowest BCUT2D eigenvalue weighted by Crippen LogP contribution is -2.47. The maximum atomic E-state index is 12.0. The molecule has 0 radical (unpaired) electrons. The topological polar surface area (TPSA) is 137 Å². The minimum Gasteiger partial charge on any atom is -0.368 e. The number of benzene rings is 2. The van der Waals surface area contributed by atoms with Crippen LogP contribution in [0.1, 0.15) is 5.56 Å². The number of hydrogen-bond acceptors (Lipinski definition) is 8. The van der Waals surface area contributed by atoms with Crippen LogP contribution in [-0.2, 0) is 16.1 Å². The lowest BCUT2D eigenvalue weighted by Gasteiger charge is -2.26. The lowest BCUT2D eigenvalue weighted by molar-refractivity contribution is -0.388. The Morgan fingerprint density at radius 2 is 1.67 bits per heavy atom. The van der Waals surface area contributed by atoms with Crippen molar-refractivity contribution in [3.63, 3.8) is 0 Å². The van der Waals surface area contributed by atoms with E-state index in [2.05, 4.69) is 10.8 Å². The summed E-state index contributed by atoms with van der Waals surface area (Å²) in [6, 6.07) is 10.2. The summed E-state index contributed by atoms with van der Waals surface area (Å²) >= 11 is 23.2. The Morgan fingerprint density at radius 1 is 1.07 bits per heavy atom. The van der Waals surface area contributed by atoms with Crippen LogP contribution in [0, 0.1) is 20.2 Å². The van der Waals surface area contributed by atoms with E-state index in [1.54, 1.807) is 30.3 Å². The normalized spacial score (nSPS) is 12.1. The van der Waals surface area contributed by atoms with E-state index in [1.807, 2.05) is 0 Å². The van der Waals surface area contributed by atoms with Gasteiger partial charge in [0.1, 0.15) is 10.7 Å². The Bertz CT molecular complexity index is 955. The molecule has 0 saturated heterocycles. The summed E-state index contributed by atoms with van der Waals surface area (Å²) in [6.07, 6.45) is -1.62. The van der Waals surface area contributed by atoms with Gasteiger partial charge in [-0.25, -0.2) is 0 Å². The third-order valence-corrected chi connectivity index (χ3v) is 4.52. The van der Waals surface area contributed by atoms with Crippen LogP contribution in [0.3, 0.4) is 0 Å².